The van der Waals surface area contributed by atoms with Gasteiger partial charge in [-0.05, 0) is 38.2 Å². The number of methoxy groups -OCH3 is 1. The molecule has 4 rings (SSSR count). The van der Waals surface area contributed by atoms with E-state index < -0.39 is 0 Å². The zero-order valence-corrected chi connectivity index (χ0v) is 14.8. The third-order valence-electron chi connectivity index (χ3n) is 6.17. The zero-order chi connectivity index (χ0) is 17.4. The minimum absolute atomic E-state index is 0.147. The van der Waals surface area contributed by atoms with Crippen molar-refractivity contribution < 1.29 is 18.7 Å². The van der Waals surface area contributed by atoms with Crippen LogP contribution < -0.4 is 4.74 Å². The predicted molar refractivity (Wildman–Crippen MR) is 91.4 cm³/mol. The van der Waals surface area contributed by atoms with E-state index in [-0.39, 0.29) is 23.0 Å². The summed E-state index contributed by atoms with van der Waals surface area (Å²) in [5, 5.41) is 0. The standard InChI is InChI=1S/C19H26N2O4/c1-24-16-8-7-15(25-16)17(22)20-12-10-19(13-20)9-4-11-21(18(19)23)14-5-2-3-6-14/h7-8,14H,2-6,9-13H2,1H3. The highest BCUT2D eigenvalue weighted by Gasteiger charge is 2.51. The van der Waals surface area contributed by atoms with Crippen molar-refractivity contribution in [3.8, 4) is 5.95 Å². The molecule has 1 aliphatic carbocycles. The molecule has 0 radical (unpaired) electrons. The van der Waals surface area contributed by atoms with E-state index in [2.05, 4.69) is 4.90 Å². The average molecular weight is 346 g/mol. The summed E-state index contributed by atoms with van der Waals surface area (Å²) in [6.07, 6.45) is 7.42. The second-order valence-electron chi connectivity index (χ2n) is 7.62. The summed E-state index contributed by atoms with van der Waals surface area (Å²) in [7, 11) is 1.51. The van der Waals surface area contributed by atoms with Gasteiger partial charge in [-0.25, -0.2) is 0 Å². The van der Waals surface area contributed by atoms with Gasteiger partial charge < -0.3 is 19.0 Å². The number of piperidine rings is 1. The Bertz CT molecular complexity index is 664. The van der Waals surface area contributed by atoms with E-state index in [4.69, 9.17) is 9.15 Å². The number of ether oxygens (including phenoxy) is 1. The molecule has 1 saturated carbocycles. The first-order chi connectivity index (χ1) is 12.1. The smallest absolute Gasteiger partial charge is 0.289 e. The van der Waals surface area contributed by atoms with Gasteiger partial charge in [0, 0.05) is 31.7 Å². The highest BCUT2D eigenvalue weighted by molar-refractivity contribution is 5.93. The molecule has 1 unspecified atom stereocenters. The molecule has 1 aromatic heterocycles. The monoisotopic (exact) mass is 346 g/mol. The molecule has 6 nitrogen and oxygen atoms in total. The highest BCUT2D eigenvalue weighted by Crippen LogP contribution is 2.42. The fraction of sp³-hybridized carbons (Fsp3) is 0.684. The van der Waals surface area contributed by atoms with Crippen LogP contribution in [0.25, 0.3) is 0 Å². The number of amides is 2. The van der Waals surface area contributed by atoms with E-state index in [0.29, 0.717) is 25.1 Å². The SMILES string of the molecule is COc1ccc(C(=O)N2CCC3(CCCN(C4CCCC4)C3=O)C2)o1. The summed E-state index contributed by atoms with van der Waals surface area (Å²) < 4.78 is 10.4. The molecule has 1 spiro atoms. The van der Waals surface area contributed by atoms with Gasteiger partial charge in [0.05, 0.1) is 12.5 Å². The molecule has 1 atom stereocenters. The molecule has 136 valence electrons. The molecule has 0 bridgehead atoms. The van der Waals surface area contributed by atoms with Crippen LogP contribution in [0.3, 0.4) is 0 Å². The van der Waals surface area contributed by atoms with Crippen molar-refractivity contribution in [1.29, 1.82) is 0 Å². The van der Waals surface area contributed by atoms with Crippen molar-refractivity contribution in [2.75, 3.05) is 26.7 Å². The first-order valence-corrected chi connectivity index (χ1v) is 9.37. The van der Waals surface area contributed by atoms with Crippen LogP contribution in [-0.2, 0) is 4.79 Å². The Morgan fingerprint density at radius 3 is 2.72 bits per heavy atom. The Kier molecular flexibility index (Phi) is 4.21. The van der Waals surface area contributed by atoms with Crippen LogP contribution in [-0.4, -0.2) is 54.4 Å². The van der Waals surface area contributed by atoms with Crippen molar-refractivity contribution >= 4 is 11.8 Å². The highest BCUT2D eigenvalue weighted by atomic mass is 16.6. The number of carbonyl (C=O) groups excluding carboxylic acids is 2. The summed E-state index contributed by atoms with van der Waals surface area (Å²) in [4.78, 5) is 29.8. The fourth-order valence-corrected chi connectivity index (χ4v) is 4.79. The predicted octanol–water partition coefficient (Wildman–Crippen LogP) is 2.69. The van der Waals surface area contributed by atoms with Gasteiger partial charge in [0.25, 0.3) is 11.9 Å². The lowest BCUT2D eigenvalue weighted by atomic mass is 9.77. The zero-order valence-electron chi connectivity index (χ0n) is 14.8. The molecule has 2 amide bonds. The molecule has 25 heavy (non-hydrogen) atoms. The van der Waals surface area contributed by atoms with E-state index in [1.165, 1.54) is 20.0 Å². The number of hydrogen-bond acceptors (Lipinski definition) is 4. The van der Waals surface area contributed by atoms with Crippen molar-refractivity contribution in [2.45, 2.75) is 51.0 Å². The number of nitrogens with zero attached hydrogens (tertiary/aromatic N) is 2. The lowest BCUT2D eigenvalue weighted by Gasteiger charge is -2.42. The quantitative estimate of drug-likeness (QED) is 0.844. The Morgan fingerprint density at radius 2 is 2.00 bits per heavy atom. The molecule has 2 aliphatic heterocycles. The number of furan rings is 1. The van der Waals surface area contributed by atoms with Gasteiger partial charge in [-0.15, -0.1) is 0 Å². The van der Waals surface area contributed by atoms with Gasteiger partial charge in [0.2, 0.25) is 5.91 Å². The lowest BCUT2D eigenvalue weighted by Crippen LogP contribution is -2.53. The van der Waals surface area contributed by atoms with Crippen molar-refractivity contribution in [3.63, 3.8) is 0 Å². The molecular formula is C19H26N2O4. The van der Waals surface area contributed by atoms with Gasteiger partial charge in [0.15, 0.2) is 5.76 Å². The maximum absolute atomic E-state index is 13.2. The lowest BCUT2D eigenvalue weighted by molar-refractivity contribution is -0.148. The Labute approximate surface area is 148 Å². The number of hydrogen-bond donors (Lipinski definition) is 0. The van der Waals surface area contributed by atoms with Gasteiger partial charge in [-0.1, -0.05) is 12.8 Å². The Morgan fingerprint density at radius 1 is 1.20 bits per heavy atom. The first kappa shape index (κ1) is 16.5. The molecule has 3 fully saturated rings. The van der Waals surface area contributed by atoms with Crippen LogP contribution in [0.1, 0.15) is 55.5 Å². The van der Waals surface area contributed by atoms with E-state index in [1.807, 2.05) is 0 Å². The van der Waals surface area contributed by atoms with Crippen LogP contribution in [0.15, 0.2) is 16.5 Å². The van der Waals surface area contributed by atoms with E-state index >= 15 is 0 Å². The molecule has 3 heterocycles. The minimum atomic E-state index is -0.382. The molecular weight excluding hydrogens is 320 g/mol. The molecule has 0 N–H and O–H groups in total. The van der Waals surface area contributed by atoms with Crippen LogP contribution in [0.4, 0.5) is 0 Å². The number of carbonyl (C=O) groups is 2. The van der Waals surface area contributed by atoms with Gasteiger partial charge in [-0.3, -0.25) is 9.59 Å². The summed E-state index contributed by atoms with van der Waals surface area (Å²) >= 11 is 0. The van der Waals surface area contributed by atoms with Crippen LogP contribution >= 0.6 is 0 Å². The molecule has 6 heteroatoms. The fourth-order valence-electron chi connectivity index (χ4n) is 4.79. The second-order valence-corrected chi connectivity index (χ2v) is 7.62. The second kappa shape index (κ2) is 6.39. The normalized spacial score (nSPS) is 27.5. The van der Waals surface area contributed by atoms with E-state index in [1.54, 1.807) is 17.0 Å². The Balaban J connectivity index is 1.48. The van der Waals surface area contributed by atoms with Gasteiger partial charge in [0.1, 0.15) is 0 Å². The third-order valence-corrected chi connectivity index (χ3v) is 6.17. The maximum Gasteiger partial charge on any atom is 0.289 e. The molecule has 3 aliphatic rings. The summed E-state index contributed by atoms with van der Waals surface area (Å²) in [5.41, 5.74) is -0.382. The van der Waals surface area contributed by atoms with E-state index in [0.717, 1.165) is 38.6 Å². The number of rotatable bonds is 3. The summed E-state index contributed by atoms with van der Waals surface area (Å²) in [6, 6.07) is 3.70. The van der Waals surface area contributed by atoms with Crippen LogP contribution in [0, 0.1) is 5.41 Å². The first-order valence-electron chi connectivity index (χ1n) is 9.37. The van der Waals surface area contributed by atoms with Crippen molar-refractivity contribution in [3.05, 3.63) is 17.9 Å². The average Bonchev–Trinajstić information content (AvgIpc) is 3.38. The number of likely N-dealkylation sites (tertiary alicyclic amines) is 2. The van der Waals surface area contributed by atoms with Gasteiger partial charge >= 0.3 is 0 Å². The topological polar surface area (TPSA) is 63.0 Å². The Hall–Kier alpha value is -1.98. The van der Waals surface area contributed by atoms with Crippen molar-refractivity contribution in [2.24, 2.45) is 5.41 Å². The van der Waals surface area contributed by atoms with Gasteiger partial charge in [-0.2, -0.15) is 0 Å². The van der Waals surface area contributed by atoms with Crippen LogP contribution in [0.5, 0.6) is 5.95 Å². The summed E-state index contributed by atoms with van der Waals surface area (Å²) in [5.74, 6) is 0.743. The van der Waals surface area contributed by atoms with Crippen LogP contribution in [0.2, 0.25) is 0 Å². The largest absolute Gasteiger partial charge is 0.468 e. The maximum atomic E-state index is 13.2. The van der Waals surface area contributed by atoms with Crippen molar-refractivity contribution in [1.82, 2.24) is 9.80 Å². The minimum Gasteiger partial charge on any atom is -0.468 e. The van der Waals surface area contributed by atoms with E-state index in [9.17, 15) is 9.59 Å². The molecule has 1 aromatic rings. The third kappa shape index (κ3) is 2.81. The molecule has 2 saturated heterocycles. The summed E-state index contributed by atoms with van der Waals surface area (Å²) in [6.45, 7) is 2.01. The molecule has 0 aromatic carbocycles.